The van der Waals surface area contributed by atoms with Crippen molar-refractivity contribution in [3.05, 3.63) is 148 Å². The maximum Gasteiger partial charge on any atom is 0.332 e. The summed E-state index contributed by atoms with van der Waals surface area (Å²) in [6, 6.07) is 30.4. The number of nitrogens with one attached hydrogen (secondary N) is 7. The van der Waals surface area contributed by atoms with E-state index in [1.807, 2.05) is 79.0 Å². The number of nitrogens with zero attached hydrogens (tertiary/aromatic N) is 7. The number of methoxy groups -OCH3 is 1. The molecule has 11 rings (SSSR count). The number of hydrogen-bond acceptors (Lipinski definition) is 19. The standard InChI is InChI=1S/C75H89N17O13/c1-74(84-28-10-13-48-16-21-60(103-3)59(36-48)91-32-25-66(98)92(73(91)102)45-82-69(99)50(38-61(77)93)39-62(78)94)26-33-89(34-27-74)52-23-30-90(31-24-52)72-86-57-20-17-49(56-43-88(2)71(101)67-54(56)22-29-79-67)37-55(57)68(87-72)75(105-53-18-19-53,51-14-8-5-9-15-51)44-104-46-83-64(96)41-81-70(100)58(35-47-11-6-4-7-12-47)85-65(97)42-80-63(95)40-76/h4-9,11-12,14-17,20-22,29,36-37,43,50,52-53,58,79,84H,18-19,23-28,30-35,38-42,44-46,76H2,1-3H3,(H2,77,93)(H2,78,94)(H,80,95)(H,81,100)(H,82,99)(H,83,96)(H,85,97)/t58-,75-/m0/s1. The summed E-state index contributed by atoms with van der Waals surface area (Å²) in [5.74, 6) is 0.910. The Hall–Kier alpha value is -11.1. The fraction of sp³-hybridized carbons (Fsp3) is 0.413. The van der Waals surface area contributed by atoms with Crippen molar-refractivity contribution in [1.82, 2.24) is 61.2 Å². The van der Waals surface area contributed by atoms with Crippen molar-refractivity contribution in [2.75, 3.05) is 95.8 Å². The predicted molar refractivity (Wildman–Crippen MR) is 390 cm³/mol. The summed E-state index contributed by atoms with van der Waals surface area (Å²) in [7, 11) is 3.18. The topological polar surface area (TPSA) is 408 Å². The predicted octanol–water partition coefficient (Wildman–Crippen LogP) is 1.98. The van der Waals surface area contributed by atoms with Crippen LogP contribution in [0.3, 0.4) is 0 Å². The van der Waals surface area contributed by atoms with Gasteiger partial charge in [0.2, 0.25) is 53.2 Å². The van der Waals surface area contributed by atoms with Gasteiger partial charge >= 0.3 is 6.03 Å². The Bertz CT molecular complexity index is 4490. The molecule has 4 fully saturated rings. The molecule has 0 radical (unpaired) electrons. The van der Waals surface area contributed by atoms with Crippen LogP contribution in [0, 0.1) is 17.8 Å². The molecule has 105 heavy (non-hydrogen) atoms. The number of carbonyl (C=O) groups excluding carboxylic acids is 9. The van der Waals surface area contributed by atoms with Gasteiger partial charge in [-0.1, -0.05) is 78.6 Å². The first kappa shape index (κ1) is 75.1. The van der Waals surface area contributed by atoms with Crippen LogP contribution in [0.25, 0.3) is 32.9 Å². The number of pyridine rings is 1. The van der Waals surface area contributed by atoms with E-state index in [0.29, 0.717) is 70.7 Å². The number of urea groups is 1. The lowest BCUT2D eigenvalue weighted by Gasteiger charge is -2.45. The average molecular weight is 1440 g/mol. The Morgan fingerprint density at radius 2 is 1.49 bits per heavy atom. The zero-order valence-electron chi connectivity index (χ0n) is 59.0. The lowest BCUT2D eigenvalue weighted by Crippen LogP contribution is -2.56. The molecule has 1 aliphatic carbocycles. The van der Waals surface area contributed by atoms with Crippen LogP contribution < -0.4 is 69.2 Å². The molecule has 13 N–H and O–H groups in total. The number of aromatic amines is 1. The summed E-state index contributed by atoms with van der Waals surface area (Å²) in [6.45, 7) is 3.63. The van der Waals surface area contributed by atoms with Gasteiger partial charge in [-0.2, -0.15) is 0 Å². The monoisotopic (exact) mass is 1440 g/mol. The van der Waals surface area contributed by atoms with Crippen molar-refractivity contribution >= 4 is 86.7 Å². The van der Waals surface area contributed by atoms with Gasteiger partial charge in [0.1, 0.15) is 30.7 Å². The summed E-state index contributed by atoms with van der Waals surface area (Å²) in [5, 5.41) is 18.1. The first-order valence-corrected chi connectivity index (χ1v) is 35.1. The lowest BCUT2D eigenvalue weighted by molar-refractivity contribution is -0.134. The van der Waals surface area contributed by atoms with Gasteiger partial charge in [-0.25, -0.2) is 19.7 Å². The van der Waals surface area contributed by atoms with E-state index in [0.717, 1.165) is 84.2 Å². The van der Waals surface area contributed by atoms with Crippen LogP contribution in [0.2, 0.25) is 0 Å². The second kappa shape index (κ2) is 34.0. The van der Waals surface area contributed by atoms with E-state index in [9.17, 15) is 47.9 Å². The fourth-order valence-electron chi connectivity index (χ4n) is 13.6. The van der Waals surface area contributed by atoms with Crippen LogP contribution in [0.15, 0.2) is 120 Å². The Morgan fingerprint density at radius 1 is 0.771 bits per heavy atom. The number of piperidine rings is 2. The summed E-state index contributed by atoms with van der Waals surface area (Å²) >= 11 is 0. The molecule has 4 aliphatic rings. The van der Waals surface area contributed by atoms with Crippen LogP contribution in [0.1, 0.15) is 87.1 Å². The van der Waals surface area contributed by atoms with Crippen LogP contribution >= 0.6 is 0 Å². The molecule has 0 bridgehead atoms. The number of benzene rings is 4. The molecule has 3 aliphatic heterocycles. The first-order valence-electron chi connectivity index (χ1n) is 35.1. The van der Waals surface area contributed by atoms with Gasteiger partial charge in [-0.05, 0) is 98.5 Å². The molecule has 30 heteroatoms. The van der Waals surface area contributed by atoms with E-state index >= 15 is 0 Å². The number of primary amides is 2. The number of carbonyl (C=O) groups is 9. The molecule has 552 valence electrons. The van der Waals surface area contributed by atoms with Crippen LogP contribution in [-0.2, 0) is 66.9 Å². The van der Waals surface area contributed by atoms with Gasteiger partial charge in [0.25, 0.3) is 5.56 Å². The van der Waals surface area contributed by atoms with Gasteiger partial charge in [0, 0.05) is 111 Å². The number of aryl methyl sites for hydroxylation is 1. The summed E-state index contributed by atoms with van der Waals surface area (Å²) < 4.78 is 21.0. The molecule has 1 saturated carbocycles. The minimum absolute atomic E-state index is 0.0376. The normalized spacial score (nSPS) is 16.4. The number of amides is 10. The smallest absolute Gasteiger partial charge is 0.332 e. The molecule has 3 saturated heterocycles. The van der Waals surface area contributed by atoms with E-state index in [1.165, 1.54) is 12.0 Å². The van der Waals surface area contributed by atoms with E-state index < -0.39 is 103 Å². The van der Waals surface area contributed by atoms with Crippen molar-refractivity contribution in [3.63, 3.8) is 0 Å². The molecular formula is C75H89N17O13. The third-order valence-corrected chi connectivity index (χ3v) is 19.5. The summed E-state index contributed by atoms with van der Waals surface area (Å²) in [4.78, 5) is 149. The van der Waals surface area contributed by atoms with Crippen molar-refractivity contribution in [3.8, 4) is 28.7 Å². The molecular weight excluding hydrogens is 1350 g/mol. The third kappa shape index (κ3) is 18.6. The Kier molecular flexibility index (Phi) is 24.3. The minimum atomic E-state index is -1.38. The summed E-state index contributed by atoms with van der Waals surface area (Å²) in [6.07, 6.45) is 7.61. The van der Waals surface area contributed by atoms with Crippen molar-refractivity contribution in [2.45, 2.75) is 100 Å². The number of ether oxygens (including phenoxy) is 3. The number of nitrogens with two attached hydrogens (primary N) is 3. The van der Waals surface area contributed by atoms with Crippen molar-refractivity contribution in [2.24, 2.45) is 30.2 Å². The number of fused-ring (bicyclic) bond motifs is 2. The molecule has 4 aromatic carbocycles. The fourth-order valence-corrected chi connectivity index (χ4v) is 13.6. The highest BCUT2D eigenvalue weighted by Crippen LogP contribution is 2.44. The van der Waals surface area contributed by atoms with E-state index in [1.54, 1.807) is 48.1 Å². The first-order chi connectivity index (χ1) is 50.6. The van der Waals surface area contributed by atoms with Crippen LogP contribution in [0.4, 0.5) is 16.4 Å². The van der Waals surface area contributed by atoms with Gasteiger partial charge in [-0.15, -0.1) is 0 Å². The molecule has 30 nitrogen and oxygen atoms in total. The number of rotatable bonds is 31. The van der Waals surface area contributed by atoms with Gasteiger partial charge in [0.05, 0.1) is 68.8 Å². The number of imide groups is 1. The van der Waals surface area contributed by atoms with Crippen molar-refractivity contribution < 1.29 is 57.4 Å². The quantitative estimate of drug-likeness (QED) is 0.0169. The SMILES string of the molecule is COc1ccc(C#CCNC2(C)CCN(C3CCN(c4nc([C@@](COCNC(=O)CNC(=O)[C@H](Cc5ccccc5)NC(=O)CNC(=O)CN)(OC5CC5)c5ccccc5)c5cc(-c6cn(C)c(=O)c7[nH]ccc67)ccc5n4)CC3)CC2)cc1N1CCC(=O)N(CNC(=O)C(CC(N)=O)CC(N)=O)C1=O. The maximum absolute atomic E-state index is 13.9. The Labute approximate surface area is 606 Å². The molecule has 10 amide bonds. The number of hydrogen-bond donors (Lipinski definition) is 10. The van der Waals surface area contributed by atoms with Gasteiger partial charge in [-0.3, -0.25) is 48.1 Å². The molecule has 6 heterocycles. The Balaban J connectivity index is 0.763. The molecule has 0 spiro atoms. The highest BCUT2D eigenvalue weighted by Gasteiger charge is 2.45. The average Bonchev–Trinajstić information content (AvgIpc) is 1.58. The molecule has 3 aromatic heterocycles. The number of likely N-dealkylation sites (tertiary alicyclic amines) is 1. The van der Waals surface area contributed by atoms with Crippen LogP contribution in [-0.4, -0.2) is 192 Å². The van der Waals surface area contributed by atoms with Crippen LogP contribution in [0.5, 0.6) is 5.75 Å². The van der Waals surface area contributed by atoms with E-state index in [-0.39, 0.29) is 56.5 Å². The largest absolute Gasteiger partial charge is 0.495 e. The third-order valence-electron chi connectivity index (χ3n) is 19.5. The number of anilines is 2. The van der Waals surface area contributed by atoms with Crippen molar-refractivity contribution in [1.29, 1.82) is 0 Å². The molecule has 0 unspecified atom stereocenters. The number of aromatic nitrogens is 4. The second-order valence-corrected chi connectivity index (χ2v) is 27.0. The lowest BCUT2D eigenvalue weighted by atomic mass is 9.87. The highest BCUT2D eigenvalue weighted by atomic mass is 16.6. The number of H-pyrrole nitrogens is 1. The zero-order chi connectivity index (χ0) is 74.4. The zero-order valence-corrected chi connectivity index (χ0v) is 59.0. The van der Waals surface area contributed by atoms with E-state index in [2.05, 4.69) is 65.4 Å². The molecule has 2 atom stereocenters. The molecule has 7 aromatic rings. The van der Waals surface area contributed by atoms with Gasteiger partial charge < -0.3 is 82.7 Å². The second-order valence-electron chi connectivity index (χ2n) is 27.0. The highest BCUT2D eigenvalue weighted by molar-refractivity contribution is 6.07. The minimum Gasteiger partial charge on any atom is -0.495 e. The Morgan fingerprint density at radius 3 is 2.18 bits per heavy atom. The summed E-state index contributed by atoms with van der Waals surface area (Å²) in [5.41, 5.74) is 20.0. The van der Waals surface area contributed by atoms with Gasteiger partial charge in [0.15, 0.2) is 5.60 Å². The van der Waals surface area contributed by atoms with E-state index in [4.69, 9.17) is 41.4 Å². The maximum atomic E-state index is 13.9.